The van der Waals surface area contributed by atoms with E-state index in [1.807, 2.05) is 26.0 Å². The Kier molecular flexibility index (Phi) is 5.72. The zero-order valence-corrected chi connectivity index (χ0v) is 18.6. The van der Waals surface area contributed by atoms with Crippen LogP contribution in [0.15, 0.2) is 52.0 Å². The van der Waals surface area contributed by atoms with Crippen LogP contribution in [0.2, 0.25) is 0 Å². The summed E-state index contributed by atoms with van der Waals surface area (Å²) < 4.78 is 34.3. The monoisotopic (exact) mass is 442 g/mol. The fourth-order valence-electron chi connectivity index (χ4n) is 3.56. The van der Waals surface area contributed by atoms with Gasteiger partial charge in [0.2, 0.25) is 15.9 Å². The number of amides is 1. The number of anilines is 1. The van der Waals surface area contributed by atoms with Gasteiger partial charge in [0.25, 0.3) is 5.91 Å². The first-order valence-electron chi connectivity index (χ1n) is 10.3. The number of oxazole rings is 1. The number of rotatable bonds is 6. The zero-order valence-electron chi connectivity index (χ0n) is 17.8. The maximum atomic E-state index is 12.8. The molecule has 1 saturated heterocycles. The molecule has 0 radical (unpaired) electrons. The number of carbonyl (C=O) groups is 1. The lowest BCUT2D eigenvalue weighted by atomic mass is 10.2. The van der Waals surface area contributed by atoms with Crippen molar-refractivity contribution in [2.24, 2.45) is 7.05 Å². The van der Waals surface area contributed by atoms with Crippen molar-refractivity contribution in [2.75, 3.05) is 18.4 Å². The molecule has 0 unspecified atom stereocenters. The number of hydrogen-bond donors (Lipinski definition) is 1. The molecule has 9 heteroatoms. The molecule has 1 fully saturated rings. The third-order valence-corrected chi connectivity index (χ3v) is 7.26. The molecule has 0 aliphatic carbocycles. The van der Waals surface area contributed by atoms with E-state index in [9.17, 15) is 13.2 Å². The molecule has 164 valence electrons. The Labute approximate surface area is 181 Å². The number of carbonyl (C=O) groups excluding carboxylic acids is 1. The molecule has 4 rings (SSSR count). The Balaban J connectivity index is 1.49. The average molecular weight is 443 g/mol. The van der Waals surface area contributed by atoms with E-state index in [2.05, 4.69) is 10.3 Å². The fraction of sp³-hybridized carbons (Fsp3) is 0.364. The van der Waals surface area contributed by atoms with Gasteiger partial charge in [0.15, 0.2) is 0 Å². The quantitative estimate of drug-likeness (QED) is 0.626. The second kappa shape index (κ2) is 8.32. The highest BCUT2D eigenvalue weighted by atomic mass is 32.2. The molecule has 31 heavy (non-hydrogen) atoms. The second-order valence-electron chi connectivity index (χ2n) is 8.04. The third kappa shape index (κ3) is 4.28. The van der Waals surface area contributed by atoms with E-state index in [1.165, 1.54) is 21.1 Å². The highest BCUT2D eigenvalue weighted by Crippen LogP contribution is 2.26. The molecule has 3 heterocycles. The van der Waals surface area contributed by atoms with Crippen LogP contribution in [0.4, 0.5) is 5.69 Å². The van der Waals surface area contributed by atoms with Crippen molar-refractivity contribution in [3.63, 3.8) is 0 Å². The average Bonchev–Trinajstić information content (AvgIpc) is 3.49. The lowest BCUT2D eigenvalue weighted by Gasteiger charge is -2.13. The molecule has 2 aromatic heterocycles. The van der Waals surface area contributed by atoms with Gasteiger partial charge in [0.05, 0.1) is 6.20 Å². The predicted octanol–water partition coefficient (Wildman–Crippen LogP) is 3.84. The number of aryl methyl sites for hydroxylation is 1. The van der Waals surface area contributed by atoms with Gasteiger partial charge in [0.1, 0.15) is 16.3 Å². The van der Waals surface area contributed by atoms with Gasteiger partial charge in [-0.1, -0.05) is 13.8 Å². The first kappa shape index (κ1) is 21.3. The number of aromatic nitrogens is 2. The molecule has 3 aromatic rings. The van der Waals surface area contributed by atoms with E-state index < -0.39 is 10.0 Å². The number of benzene rings is 1. The minimum atomic E-state index is -3.57. The number of nitrogens with zero attached hydrogens (tertiary/aromatic N) is 3. The van der Waals surface area contributed by atoms with Crippen molar-refractivity contribution in [2.45, 2.75) is 37.5 Å². The van der Waals surface area contributed by atoms with Crippen LogP contribution in [0.5, 0.6) is 0 Å². The van der Waals surface area contributed by atoms with E-state index in [1.54, 1.807) is 25.4 Å². The number of hydrogen-bond acceptors (Lipinski definition) is 5. The predicted molar refractivity (Wildman–Crippen MR) is 117 cm³/mol. The Morgan fingerprint density at radius 1 is 1.16 bits per heavy atom. The standard InChI is InChI=1S/C22H26N4O4S/c1-15(2)20-13-23-22(30-20)16-6-8-17(9-7-16)24-21(27)19-12-18(14-25(19)3)31(28,29)26-10-4-5-11-26/h6-9,12-15H,4-5,10-11H2,1-3H3,(H,24,27). The molecule has 8 nitrogen and oxygen atoms in total. The molecular weight excluding hydrogens is 416 g/mol. The van der Waals surface area contributed by atoms with Crippen molar-refractivity contribution in [3.05, 3.63) is 54.2 Å². The smallest absolute Gasteiger partial charge is 0.272 e. The van der Waals surface area contributed by atoms with Crippen LogP contribution in [-0.2, 0) is 17.1 Å². The van der Waals surface area contributed by atoms with Crippen LogP contribution in [0.3, 0.4) is 0 Å². The van der Waals surface area contributed by atoms with E-state index in [0.717, 1.165) is 24.2 Å². The number of nitrogens with one attached hydrogen (secondary N) is 1. The fourth-order valence-corrected chi connectivity index (χ4v) is 5.15. The van der Waals surface area contributed by atoms with Crippen molar-refractivity contribution in [3.8, 4) is 11.5 Å². The second-order valence-corrected chi connectivity index (χ2v) is 9.98. The molecular formula is C22H26N4O4S. The molecule has 0 bridgehead atoms. The summed E-state index contributed by atoms with van der Waals surface area (Å²) in [6.07, 6.45) is 4.93. The highest BCUT2D eigenvalue weighted by Gasteiger charge is 2.29. The molecule has 1 amide bonds. The largest absolute Gasteiger partial charge is 0.441 e. The SMILES string of the molecule is CC(C)c1cnc(-c2ccc(NC(=O)c3cc(S(=O)(=O)N4CCCC4)cn3C)cc2)o1. The van der Waals surface area contributed by atoms with Crippen molar-refractivity contribution >= 4 is 21.6 Å². The number of sulfonamides is 1. The molecule has 0 atom stereocenters. The minimum Gasteiger partial charge on any atom is -0.441 e. The van der Waals surface area contributed by atoms with Crippen molar-refractivity contribution < 1.29 is 17.6 Å². The van der Waals surface area contributed by atoms with Crippen LogP contribution in [0.25, 0.3) is 11.5 Å². The summed E-state index contributed by atoms with van der Waals surface area (Å²) in [5.74, 6) is 1.22. The van der Waals surface area contributed by atoms with Gasteiger partial charge in [0, 0.05) is 43.5 Å². The first-order valence-corrected chi connectivity index (χ1v) is 11.7. The maximum absolute atomic E-state index is 12.8. The Morgan fingerprint density at radius 2 is 1.84 bits per heavy atom. The molecule has 1 N–H and O–H groups in total. The van der Waals surface area contributed by atoms with Gasteiger partial charge in [-0.3, -0.25) is 4.79 Å². The lowest BCUT2D eigenvalue weighted by Crippen LogP contribution is -2.27. The van der Waals surface area contributed by atoms with Gasteiger partial charge in [-0.25, -0.2) is 13.4 Å². The van der Waals surface area contributed by atoms with E-state index in [0.29, 0.717) is 24.7 Å². The normalized spacial score (nSPS) is 15.0. The summed E-state index contributed by atoms with van der Waals surface area (Å²) in [5.41, 5.74) is 1.67. The zero-order chi connectivity index (χ0) is 22.2. The Morgan fingerprint density at radius 3 is 2.45 bits per heavy atom. The molecule has 1 aromatic carbocycles. The molecule has 0 spiro atoms. The summed E-state index contributed by atoms with van der Waals surface area (Å²) in [6.45, 7) is 5.12. The summed E-state index contributed by atoms with van der Waals surface area (Å²) in [5, 5.41) is 2.82. The van der Waals surface area contributed by atoms with Gasteiger partial charge in [-0.2, -0.15) is 4.31 Å². The van der Waals surface area contributed by atoms with Crippen molar-refractivity contribution in [1.82, 2.24) is 13.9 Å². The van der Waals surface area contributed by atoms with Gasteiger partial charge in [-0.05, 0) is 43.2 Å². The molecule has 1 aliphatic heterocycles. The van der Waals surface area contributed by atoms with E-state index in [-0.39, 0.29) is 22.4 Å². The first-order chi connectivity index (χ1) is 14.8. The molecule has 1 aliphatic rings. The summed E-state index contributed by atoms with van der Waals surface area (Å²) >= 11 is 0. The van der Waals surface area contributed by atoms with Crippen LogP contribution < -0.4 is 5.32 Å². The maximum Gasteiger partial charge on any atom is 0.272 e. The topological polar surface area (TPSA) is 97.4 Å². The van der Waals surface area contributed by atoms with E-state index >= 15 is 0 Å². The van der Waals surface area contributed by atoms with Crippen LogP contribution in [0.1, 0.15) is 48.9 Å². The van der Waals surface area contributed by atoms with Crippen LogP contribution in [0, 0.1) is 0 Å². The Bertz CT molecular complexity index is 1190. The summed E-state index contributed by atoms with van der Waals surface area (Å²) in [6, 6.07) is 8.59. The third-order valence-electron chi connectivity index (χ3n) is 5.40. The summed E-state index contributed by atoms with van der Waals surface area (Å²) in [7, 11) is -1.91. The van der Waals surface area contributed by atoms with Gasteiger partial charge in [-0.15, -0.1) is 0 Å². The molecule has 0 saturated carbocycles. The van der Waals surface area contributed by atoms with Crippen LogP contribution >= 0.6 is 0 Å². The summed E-state index contributed by atoms with van der Waals surface area (Å²) in [4.78, 5) is 17.2. The van der Waals surface area contributed by atoms with Gasteiger partial charge >= 0.3 is 0 Å². The van der Waals surface area contributed by atoms with Gasteiger partial charge < -0.3 is 14.3 Å². The highest BCUT2D eigenvalue weighted by molar-refractivity contribution is 7.89. The lowest BCUT2D eigenvalue weighted by molar-refractivity contribution is 0.101. The van der Waals surface area contributed by atoms with Crippen molar-refractivity contribution in [1.29, 1.82) is 0 Å². The minimum absolute atomic E-state index is 0.141. The Hall–Kier alpha value is -2.91. The van der Waals surface area contributed by atoms with E-state index in [4.69, 9.17) is 4.42 Å². The van der Waals surface area contributed by atoms with Crippen LogP contribution in [-0.4, -0.2) is 41.3 Å².